The molecule has 0 aliphatic heterocycles. The first-order chi connectivity index (χ1) is 17.0. The number of hydrogen-bond acceptors (Lipinski definition) is 5. The number of nitrogens with one attached hydrogen (secondary N) is 1. The van der Waals surface area contributed by atoms with Crippen molar-refractivity contribution < 1.29 is 37.7 Å². The summed E-state index contributed by atoms with van der Waals surface area (Å²) in [5.41, 5.74) is 2.12. The highest BCUT2D eigenvalue weighted by Crippen LogP contribution is 2.36. The standard InChI is InChI=1S/C22H17F3N2O.C4H4O4/c1-27-14-17-11-19(9-10-20(17)15-5-3-2-4-6-15)28-21-12-18(22(23,24)25)8-7-16(21)13-26;5-3(6)1-2-4(7)8/h2-12,27H,14H2,1H3;1-2H,(H,5,6)(H,7,8). The van der Waals surface area contributed by atoms with Crippen molar-refractivity contribution in [3.8, 4) is 28.7 Å². The van der Waals surface area contributed by atoms with Crippen molar-refractivity contribution in [2.45, 2.75) is 12.7 Å². The van der Waals surface area contributed by atoms with Gasteiger partial charge in [-0.25, -0.2) is 9.59 Å². The van der Waals surface area contributed by atoms with Crippen molar-refractivity contribution in [3.63, 3.8) is 0 Å². The maximum absolute atomic E-state index is 13.0. The molecule has 10 heteroatoms. The average molecular weight is 498 g/mol. The molecule has 0 radical (unpaired) electrons. The number of benzene rings is 3. The highest BCUT2D eigenvalue weighted by molar-refractivity contribution is 5.89. The summed E-state index contributed by atoms with van der Waals surface area (Å²) in [6.07, 6.45) is -3.40. The lowest BCUT2D eigenvalue weighted by Crippen LogP contribution is -2.07. The predicted octanol–water partition coefficient (Wildman–Crippen LogP) is 5.47. The first-order valence-electron chi connectivity index (χ1n) is 10.3. The molecule has 0 aliphatic rings. The molecule has 3 rings (SSSR count). The fourth-order valence-corrected chi connectivity index (χ4v) is 3.01. The molecule has 0 amide bonds. The van der Waals surface area contributed by atoms with Crippen molar-refractivity contribution in [2.24, 2.45) is 0 Å². The summed E-state index contributed by atoms with van der Waals surface area (Å²) in [5, 5.41) is 27.9. The van der Waals surface area contributed by atoms with Crippen LogP contribution in [0.4, 0.5) is 13.2 Å². The molecule has 0 aliphatic carbocycles. The minimum Gasteiger partial charge on any atom is -0.478 e. The van der Waals surface area contributed by atoms with E-state index in [2.05, 4.69) is 5.32 Å². The second kappa shape index (κ2) is 12.7. The highest BCUT2D eigenvalue weighted by Gasteiger charge is 2.31. The van der Waals surface area contributed by atoms with Gasteiger partial charge in [-0.15, -0.1) is 0 Å². The van der Waals surface area contributed by atoms with Crippen LogP contribution in [0, 0.1) is 11.3 Å². The quantitative estimate of drug-likeness (QED) is 0.370. The fraction of sp³-hybridized carbons (Fsp3) is 0.115. The van der Waals surface area contributed by atoms with E-state index in [0.717, 1.165) is 34.9 Å². The molecule has 0 heterocycles. The molecule has 3 aromatic rings. The van der Waals surface area contributed by atoms with Crippen LogP contribution in [0.5, 0.6) is 11.5 Å². The van der Waals surface area contributed by atoms with E-state index in [9.17, 15) is 28.0 Å². The van der Waals surface area contributed by atoms with E-state index in [1.165, 1.54) is 0 Å². The molecule has 0 bridgehead atoms. The zero-order valence-corrected chi connectivity index (χ0v) is 18.9. The van der Waals surface area contributed by atoms with Crippen LogP contribution in [0.15, 0.2) is 78.9 Å². The number of aliphatic carboxylic acids is 2. The Hall–Kier alpha value is -4.62. The van der Waals surface area contributed by atoms with Crippen LogP contribution in [-0.4, -0.2) is 29.2 Å². The molecule has 0 spiro atoms. The zero-order chi connectivity index (χ0) is 26.7. The summed E-state index contributed by atoms with van der Waals surface area (Å²) >= 11 is 0. The summed E-state index contributed by atoms with van der Waals surface area (Å²) < 4.78 is 44.7. The predicted molar refractivity (Wildman–Crippen MR) is 125 cm³/mol. The molecule has 0 aromatic heterocycles. The van der Waals surface area contributed by atoms with E-state index >= 15 is 0 Å². The zero-order valence-electron chi connectivity index (χ0n) is 18.9. The number of alkyl halides is 3. The molecule has 3 N–H and O–H groups in total. The maximum Gasteiger partial charge on any atom is 0.416 e. The van der Waals surface area contributed by atoms with Gasteiger partial charge in [0.1, 0.15) is 17.6 Å². The van der Waals surface area contributed by atoms with Crippen molar-refractivity contribution >= 4 is 11.9 Å². The number of rotatable bonds is 7. The SMILES string of the molecule is CNCc1cc(Oc2cc(C(F)(F)F)ccc2C#N)ccc1-c1ccccc1.O=C(O)C=CC(=O)O. The van der Waals surface area contributed by atoms with Gasteiger partial charge in [-0.05, 0) is 54.1 Å². The van der Waals surface area contributed by atoms with Crippen LogP contribution in [0.3, 0.4) is 0 Å². The molecule has 36 heavy (non-hydrogen) atoms. The Balaban J connectivity index is 0.000000493. The molecular formula is C26H21F3N2O5. The van der Waals surface area contributed by atoms with Crippen LogP contribution in [0.2, 0.25) is 0 Å². The number of nitriles is 1. The third-order valence-electron chi connectivity index (χ3n) is 4.55. The number of carboxylic acids is 2. The normalized spacial score (nSPS) is 10.8. The number of carboxylic acid groups (broad SMARTS) is 2. The van der Waals surface area contributed by atoms with Gasteiger partial charge in [-0.2, -0.15) is 18.4 Å². The van der Waals surface area contributed by atoms with Crippen molar-refractivity contribution in [1.29, 1.82) is 5.26 Å². The van der Waals surface area contributed by atoms with E-state index in [-0.39, 0.29) is 11.3 Å². The van der Waals surface area contributed by atoms with Gasteiger partial charge in [0.15, 0.2) is 0 Å². The molecule has 3 aromatic carbocycles. The van der Waals surface area contributed by atoms with E-state index in [1.807, 2.05) is 49.5 Å². The first kappa shape index (κ1) is 27.6. The minimum absolute atomic E-state index is 0.0373. The number of nitrogens with zero attached hydrogens (tertiary/aromatic N) is 1. The minimum atomic E-state index is -4.51. The van der Waals surface area contributed by atoms with Gasteiger partial charge < -0.3 is 20.3 Å². The Morgan fingerprint density at radius 2 is 1.64 bits per heavy atom. The summed E-state index contributed by atoms with van der Waals surface area (Å²) in [6.45, 7) is 0.551. The third-order valence-corrected chi connectivity index (χ3v) is 4.55. The monoisotopic (exact) mass is 498 g/mol. The Bertz CT molecular complexity index is 1270. The van der Waals surface area contributed by atoms with E-state index in [0.29, 0.717) is 24.4 Å². The van der Waals surface area contributed by atoms with Gasteiger partial charge in [0, 0.05) is 18.7 Å². The Morgan fingerprint density at radius 1 is 1.00 bits per heavy atom. The topological polar surface area (TPSA) is 120 Å². The van der Waals surface area contributed by atoms with Gasteiger partial charge >= 0.3 is 18.1 Å². The van der Waals surface area contributed by atoms with E-state index < -0.39 is 23.7 Å². The van der Waals surface area contributed by atoms with E-state index in [1.54, 1.807) is 12.1 Å². The van der Waals surface area contributed by atoms with Crippen LogP contribution < -0.4 is 10.1 Å². The summed E-state index contributed by atoms with van der Waals surface area (Å²) in [5.74, 6) is -2.28. The lowest BCUT2D eigenvalue weighted by molar-refractivity contribution is -0.137. The molecule has 0 atom stereocenters. The number of carbonyl (C=O) groups is 2. The number of halogens is 3. The summed E-state index contributed by atoms with van der Waals surface area (Å²) in [6, 6.07) is 19.8. The highest BCUT2D eigenvalue weighted by atomic mass is 19.4. The lowest BCUT2D eigenvalue weighted by Gasteiger charge is -2.14. The largest absolute Gasteiger partial charge is 0.478 e. The Kier molecular flexibility index (Phi) is 9.77. The molecule has 186 valence electrons. The Morgan fingerprint density at radius 3 is 2.17 bits per heavy atom. The Labute approximate surface area is 204 Å². The van der Waals surface area contributed by atoms with Crippen molar-refractivity contribution in [2.75, 3.05) is 7.05 Å². The van der Waals surface area contributed by atoms with Crippen LogP contribution in [0.1, 0.15) is 16.7 Å². The van der Waals surface area contributed by atoms with Crippen LogP contribution in [0.25, 0.3) is 11.1 Å². The molecular weight excluding hydrogens is 477 g/mol. The van der Waals surface area contributed by atoms with Gasteiger partial charge in [-0.3, -0.25) is 0 Å². The van der Waals surface area contributed by atoms with Crippen molar-refractivity contribution in [3.05, 3.63) is 95.6 Å². The van der Waals surface area contributed by atoms with E-state index in [4.69, 9.17) is 14.9 Å². The van der Waals surface area contributed by atoms with Gasteiger partial charge in [0.25, 0.3) is 0 Å². The average Bonchev–Trinajstić information content (AvgIpc) is 2.83. The third kappa shape index (κ3) is 8.30. The molecule has 0 unspecified atom stereocenters. The van der Waals surface area contributed by atoms with Crippen LogP contribution >= 0.6 is 0 Å². The molecule has 0 fully saturated rings. The lowest BCUT2D eigenvalue weighted by atomic mass is 9.99. The smallest absolute Gasteiger partial charge is 0.416 e. The van der Waals surface area contributed by atoms with Crippen LogP contribution in [-0.2, 0) is 22.3 Å². The van der Waals surface area contributed by atoms with Gasteiger partial charge in [0.2, 0.25) is 0 Å². The maximum atomic E-state index is 13.0. The second-order valence-corrected chi connectivity index (χ2v) is 7.15. The fourth-order valence-electron chi connectivity index (χ4n) is 3.01. The summed E-state index contributed by atoms with van der Waals surface area (Å²) in [7, 11) is 1.81. The second-order valence-electron chi connectivity index (χ2n) is 7.15. The number of ether oxygens (including phenoxy) is 1. The van der Waals surface area contributed by atoms with Crippen molar-refractivity contribution in [1.82, 2.24) is 5.32 Å². The van der Waals surface area contributed by atoms with Gasteiger partial charge in [-0.1, -0.05) is 36.4 Å². The molecule has 0 saturated heterocycles. The first-order valence-corrected chi connectivity index (χ1v) is 10.3. The number of hydrogen-bond donors (Lipinski definition) is 3. The summed E-state index contributed by atoms with van der Waals surface area (Å²) in [4.78, 5) is 19.1. The van der Waals surface area contributed by atoms with Gasteiger partial charge in [0.05, 0.1) is 11.1 Å². The molecule has 0 saturated carbocycles. The molecule has 7 nitrogen and oxygen atoms in total.